The first kappa shape index (κ1) is 8.69. The van der Waals surface area contributed by atoms with Crippen LogP contribution in [0.25, 0.3) is 0 Å². The molecule has 0 saturated heterocycles. The zero-order chi connectivity index (χ0) is 9.30. The third kappa shape index (κ3) is 1.29. The average molecular weight is 176 g/mol. The van der Waals surface area contributed by atoms with E-state index in [4.69, 9.17) is 0 Å². The fourth-order valence-electron chi connectivity index (χ4n) is 0.928. The first-order valence-corrected chi connectivity index (χ1v) is 3.44. The number of nitro groups is 1. The first-order valence-electron chi connectivity index (χ1n) is 3.44. The Kier molecular flexibility index (Phi) is 2.11. The highest BCUT2D eigenvalue weighted by molar-refractivity contribution is 5.54. The largest absolute Gasteiger partial charge is 0.410 e. The normalized spacial score (nSPS) is 22.5. The quantitative estimate of drug-likeness (QED) is 0.347. The molecule has 1 aliphatic heterocycles. The van der Waals surface area contributed by atoms with Gasteiger partial charge in [0.15, 0.2) is 6.34 Å². The molecule has 0 aromatic carbocycles. The van der Waals surface area contributed by atoms with E-state index >= 15 is 0 Å². The Morgan fingerprint density at radius 2 is 2.33 bits per heavy atom. The summed E-state index contributed by atoms with van der Waals surface area (Å²) in [5.41, 5.74) is 0. The summed E-state index contributed by atoms with van der Waals surface area (Å²) in [6.07, 6.45) is -0.710. The lowest BCUT2D eigenvalue weighted by Crippen LogP contribution is -2.44. The van der Waals surface area contributed by atoms with Crippen molar-refractivity contribution < 1.29 is 9.40 Å². The summed E-state index contributed by atoms with van der Waals surface area (Å²) < 4.78 is 12.6. The molecule has 0 N–H and O–H groups in total. The van der Waals surface area contributed by atoms with Gasteiger partial charge < -0.3 is 0 Å². The lowest BCUT2D eigenvalue weighted by molar-refractivity contribution is -0.583. The van der Waals surface area contributed by atoms with Gasteiger partial charge >= 0.3 is 6.29 Å². The molecule has 1 atom stereocenters. The number of hydrazone groups is 1. The van der Waals surface area contributed by atoms with Crippen molar-refractivity contribution in [2.75, 3.05) is 0 Å². The van der Waals surface area contributed by atoms with E-state index in [1.54, 1.807) is 13.8 Å². The Balaban J connectivity index is 2.76. The number of nitrogens with zero attached hydrogens (tertiary/aromatic N) is 4. The highest BCUT2D eigenvalue weighted by Crippen LogP contribution is 2.16. The van der Waals surface area contributed by atoms with Crippen LogP contribution in [0.3, 0.4) is 0 Å². The van der Waals surface area contributed by atoms with Crippen molar-refractivity contribution >= 4 is 6.34 Å². The van der Waals surface area contributed by atoms with Crippen molar-refractivity contribution in [1.82, 2.24) is 10.1 Å². The van der Waals surface area contributed by atoms with Gasteiger partial charge in [-0.3, -0.25) is 10.1 Å². The smallest absolute Gasteiger partial charge is 0.261 e. The van der Waals surface area contributed by atoms with Crippen molar-refractivity contribution in [2.45, 2.75) is 26.2 Å². The number of halogens is 1. The lowest BCUT2D eigenvalue weighted by atomic mass is 10.4. The van der Waals surface area contributed by atoms with Gasteiger partial charge in [-0.2, -0.15) is 5.10 Å². The number of hydrogen-bond donors (Lipinski definition) is 0. The van der Waals surface area contributed by atoms with Crippen LogP contribution in [0.5, 0.6) is 0 Å². The van der Waals surface area contributed by atoms with E-state index in [-0.39, 0.29) is 11.2 Å². The molecule has 0 radical (unpaired) electrons. The second-order valence-corrected chi connectivity index (χ2v) is 2.68. The summed E-state index contributed by atoms with van der Waals surface area (Å²) in [6, 6.07) is -0.197. The van der Waals surface area contributed by atoms with E-state index in [0.717, 1.165) is 11.3 Å². The highest BCUT2D eigenvalue weighted by atomic mass is 19.2. The maximum Gasteiger partial charge on any atom is 0.410 e. The molecule has 0 spiro atoms. The van der Waals surface area contributed by atoms with Crippen molar-refractivity contribution in [2.24, 2.45) is 5.10 Å². The molecule has 0 amide bonds. The van der Waals surface area contributed by atoms with Crippen LogP contribution in [0, 0.1) is 10.1 Å². The minimum absolute atomic E-state index is 0.0278. The van der Waals surface area contributed by atoms with Crippen LogP contribution in [-0.2, 0) is 0 Å². The Labute approximate surface area is 68.3 Å². The number of hydrogen-bond acceptors (Lipinski definition) is 5. The van der Waals surface area contributed by atoms with Gasteiger partial charge in [0.2, 0.25) is 0 Å². The SMILES string of the molecule is CC(C)N1N=CN(F)C1[N+](=O)[O-]. The van der Waals surface area contributed by atoms with Crippen molar-refractivity contribution in [3.63, 3.8) is 0 Å². The molecule has 0 aliphatic carbocycles. The van der Waals surface area contributed by atoms with Gasteiger partial charge in [-0.25, -0.2) is 5.01 Å². The summed E-state index contributed by atoms with van der Waals surface area (Å²) >= 11 is 0. The maximum atomic E-state index is 12.6. The molecule has 1 aliphatic rings. The van der Waals surface area contributed by atoms with E-state index in [0.29, 0.717) is 0 Å². The molecule has 0 fully saturated rings. The fraction of sp³-hybridized carbons (Fsp3) is 0.800. The molecular weight excluding hydrogens is 167 g/mol. The minimum atomic E-state index is -1.51. The summed E-state index contributed by atoms with van der Waals surface area (Å²) in [4.78, 5) is 9.60. The van der Waals surface area contributed by atoms with Crippen LogP contribution in [0.4, 0.5) is 4.48 Å². The molecule has 0 saturated carbocycles. The molecule has 7 heteroatoms. The molecule has 1 heterocycles. The highest BCUT2D eigenvalue weighted by Gasteiger charge is 2.40. The molecule has 68 valence electrons. The third-order valence-electron chi connectivity index (χ3n) is 1.47. The zero-order valence-electron chi connectivity index (χ0n) is 6.72. The molecule has 6 nitrogen and oxygen atoms in total. The fourth-order valence-corrected chi connectivity index (χ4v) is 0.928. The van der Waals surface area contributed by atoms with Gasteiger partial charge in [-0.1, -0.05) is 4.48 Å². The Morgan fingerprint density at radius 3 is 2.67 bits per heavy atom. The topological polar surface area (TPSA) is 62.0 Å². The minimum Gasteiger partial charge on any atom is -0.261 e. The van der Waals surface area contributed by atoms with Crippen LogP contribution >= 0.6 is 0 Å². The second-order valence-electron chi connectivity index (χ2n) is 2.68. The van der Waals surface area contributed by atoms with Gasteiger partial charge in [0.1, 0.15) is 0 Å². The lowest BCUT2D eigenvalue weighted by Gasteiger charge is -2.20. The van der Waals surface area contributed by atoms with Gasteiger partial charge in [-0.15, -0.1) is 5.12 Å². The molecule has 0 aromatic rings. The zero-order valence-corrected chi connectivity index (χ0v) is 6.72. The summed E-state index contributed by atoms with van der Waals surface area (Å²) in [7, 11) is 0. The van der Waals surface area contributed by atoms with Crippen LogP contribution in [0.1, 0.15) is 13.8 Å². The van der Waals surface area contributed by atoms with Crippen LogP contribution in [0.2, 0.25) is 0 Å². The van der Waals surface area contributed by atoms with Gasteiger partial charge in [-0.05, 0) is 13.8 Å². The van der Waals surface area contributed by atoms with E-state index in [1.165, 1.54) is 0 Å². The average Bonchev–Trinajstić information content (AvgIpc) is 2.30. The molecule has 12 heavy (non-hydrogen) atoms. The predicted molar refractivity (Wildman–Crippen MR) is 39.2 cm³/mol. The Hall–Kier alpha value is -1.40. The van der Waals surface area contributed by atoms with Gasteiger partial charge in [0.25, 0.3) is 0 Å². The van der Waals surface area contributed by atoms with Gasteiger partial charge in [0.05, 0.1) is 11.0 Å². The van der Waals surface area contributed by atoms with E-state index in [2.05, 4.69) is 5.10 Å². The van der Waals surface area contributed by atoms with Crippen molar-refractivity contribution in [3.05, 3.63) is 10.1 Å². The van der Waals surface area contributed by atoms with Crippen molar-refractivity contribution in [3.8, 4) is 0 Å². The monoisotopic (exact) mass is 176 g/mol. The molecule has 0 bridgehead atoms. The van der Waals surface area contributed by atoms with E-state index < -0.39 is 11.2 Å². The van der Waals surface area contributed by atoms with E-state index in [1.807, 2.05) is 0 Å². The molecule has 0 aromatic heterocycles. The predicted octanol–water partition coefficient (Wildman–Crippen LogP) is 0.401. The number of rotatable bonds is 2. The van der Waals surface area contributed by atoms with E-state index in [9.17, 15) is 14.6 Å². The Morgan fingerprint density at radius 1 is 1.75 bits per heavy atom. The molecular formula is C5H9FN4O2. The van der Waals surface area contributed by atoms with Crippen molar-refractivity contribution in [1.29, 1.82) is 0 Å². The second kappa shape index (κ2) is 2.92. The standard InChI is InChI=1S/C5H9FN4O2/c1-4(2)9-5(10(11)12)8(6)3-7-9/h3-5H,1-2H3. The summed E-state index contributed by atoms with van der Waals surface area (Å²) in [6.45, 7) is 3.40. The molecule has 1 unspecified atom stereocenters. The summed E-state index contributed by atoms with van der Waals surface area (Å²) in [5, 5.41) is 14.9. The summed E-state index contributed by atoms with van der Waals surface area (Å²) in [5.74, 6) is 0. The van der Waals surface area contributed by atoms with Gasteiger partial charge in [0, 0.05) is 0 Å². The first-order chi connectivity index (χ1) is 5.54. The van der Waals surface area contributed by atoms with Crippen LogP contribution in [0.15, 0.2) is 5.10 Å². The Bertz CT molecular complexity index is 219. The molecule has 1 rings (SSSR count). The van der Waals surface area contributed by atoms with Crippen LogP contribution in [-0.4, -0.2) is 33.7 Å². The third-order valence-corrected chi connectivity index (χ3v) is 1.47. The maximum absolute atomic E-state index is 12.6. The van der Waals surface area contributed by atoms with Crippen LogP contribution < -0.4 is 0 Å².